The standard InChI is InChI=1S/C19H18N2O3/c1-14-3-4-15(12-20-14)5-8-17(22)11-18(23)9-6-16-7-10-19(24-2)21-13-16/h3-10,12-13H,11H2,1-2H3. The van der Waals surface area contributed by atoms with Gasteiger partial charge in [0.1, 0.15) is 0 Å². The predicted octanol–water partition coefficient (Wildman–Crippen LogP) is 3.05. The lowest BCUT2D eigenvalue weighted by atomic mass is 10.1. The van der Waals surface area contributed by atoms with E-state index in [1.54, 1.807) is 36.7 Å². The second-order valence-electron chi connectivity index (χ2n) is 5.14. The molecule has 0 bridgehead atoms. The Bertz CT molecular complexity index is 760. The molecule has 0 N–H and O–H groups in total. The monoisotopic (exact) mass is 322 g/mol. The average Bonchev–Trinajstić information content (AvgIpc) is 2.60. The lowest BCUT2D eigenvalue weighted by Crippen LogP contribution is -2.01. The van der Waals surface area contributed by atoms with Crippen LogP contribution in [-0.4, -0.2) is 28.6 Å². The van der Waals surface area contributed by atoms with E-state index in [2.05, 4.69) is 9.97 Å². The van der Waals surface area contributed by atoms with Crippen molar-refractivity contribution < 1.29 is 14.3 Å². The van der Waals surface area contributed by atoms with E-state index in [-0.39, 0.29) is 18.0 Å². The molecular formula is C19H18N2O3. The summed E-state index contributed by atoms with van der Waals surface area (Å²) >= 11 is 0. The third-order valence-corrected chi connectivity index (χ3v) is 3.17. The van der Waals surface area contributed by atoms with E-state index in [0.29, 0.717) is 5.88 Å². The summed E-state index contributed by atoms with van der Waals surface area (Å²) in [6.07, 6.45) is 9.15. The first kappa shape index (κ1) is 17.3. The molecule has 0 aromatic carbocycles. The average molecular weight is 322 g/mol. The van der Waals surface area contributed by atoms with E-state index in [1.165, 1.54) is 19.3 Å². The van der Waals surface area contributed by atoms with E-state index in [1.807, 2.05) is 19.1 Å². The van der Waals surface area contributed by atoms with Gasteiger partial charge in [-0.3, -0.25) is 14.6 Å². The second kappa shape index (κ2) is 8.53. The van der Waals surface area contributed by atoms with Gasteiger partial charge in [-0.2, -0.15) is 0 Å². The molecule has 0 aliphatic heterocycles. The molecule has 5 nitrogen and oxygen atoms in total. The maximum Gasteiger partial charge on any atom is 0.212 e. The van der Waals surface area contributed by atoms with Crippen molar-refractivity contribution in [2.45, 2.75) is 13.3 Å². The summed E-state index contributed by atoms with van der Waals surface area (Å²) in [6.45, 7) is 1.89. The first-order valence-corrected chi connectivity index (χ1v) is 7.41. The molecule has 2 heterocycles. The van der Waals surface area contributed by atoms with Crippen molar-refractivity contribution in [3.63, 3.8) is 0 Å². The third kappa shape index (κ3) is 5.61. The van der Waals surface area contributed by atoms with Gasteiger partial charge in [-0.25, -0.2) is 4.98 Å². The molecule has 0 saturated carbocycles. The van der Waals surface area contributed by atoms with Crippen molar-refractivity contribution >= 4 is 23.7 Å². The Kier molecular flexibility index (Phi) is 6.14. The van der Waals surface area contributed by atoms with Crippen molar-refractivity contribution in [2.75, 3.05) is 7.11 Å². The fraction of sp³-hybridized carbons (Fsp3) is 0.158. The molecule has 5 heteroatoms. The van der Waals surface area contributed by atoms with Crippen molar-refractivity contribution in [1.29, 1.82) is 0 Å². The number of ketones is 2. The number of carbonyl (C=O) groups excluding carboxylic acids is 2. The van der Waals surface area contributed by atoms with Gasteiger partial charge < -0.3 is 4.74 Å². The van der Waals surface area contributed by atoms with Gasteiger partial charge in [0.15, 0.2) is 11.6 Å². The minimum Gasteiger partial charge on any atom is -0.481 e. The van der Waals surface area contributed by atoms with Crippen LogP contribution in [0.1, 0.15) is 23.2 Å². The van der Waals surface area contributed by atoms with Crippen LogP contribution in [0.25, 0.3) is 12.2 Å². The molecule has 0 atom stereocenters. The summed E-state index contributed by atoms with van der Waals surface area (Å²) < 4.78 is 4.96. The zero-order valence-electron chi connectivity index (χ0n) is 13.6. The fourth-order valence-corrected chi connectivity index (χ4v) is 1.86. The molecule has 0 radical (unpaired) electrons. The first-order chi connectivity index (χ1) is 11.6. The van der Waals surface area contributed by atoms with Gasteiger partial charge in [0, 0.05) is 24.2 Å². The van der Waals surface area contributed by atoms with Gasteiger partial charge in [-0.05, 0) is 54.5 Å². The number of allylic oxidation sites excluding steroid dienone is 2. The van der Waals surface area contributed by atoms with Crippen molar-refractivity contribution in [3.8, 4) is 5.88 Å². The van der Waals surface area contributed by atoms with Gasteiger partial charge in [-0.1, -0.05) is 6.07 Å². The highest BCUT2D eigenvalue weighted by atomic mass is 16.5. The molecule has 0 aliphatic rings. The highest BCUT2D eigenvalue weighted by Crippen LogP contribution is 2.08. The Morgan fingerprint density at radius 1 is 0.958 bits per heavy atom. The van der Waals surface area contributed by atoms with Gasteiger partial charge >= 0.3 is 0 Å². The number of carbonyl (C=O) groups is 2. The van der Waals surface area contributed by atoms with Crippen molar-refractivity contribution in [1.82, 2.24) is 9.97 Å². The van der Waals surface area contributed by atoms with E-state index in [4.69, 9.17) is 4.74 Å². The maximum atomic E-state index is 11.8. The maximum absolute atomic E-state index is 11.8. The zero-order chi connectivity index (χ0) is 17.4. The summed E-state index contributed by atoms with van der Waals surface area (Å²) in [5.41, 5.74) is 2.49. The van der Waals surface area contributed by atoms with Gasteiger partial charge in [0.05, 0.1) is 13.5 Å². The number of methoxy groups -OCH3 is 1. The summed E-state index contributed by atoms with van der Waals surface area (Å²) in [7, 11) is 1.53. The van der Waals surface area contributed by atoms with Crippen LogP contribution < -0.4 is 4.74 Å². The Labute approximate surface area is 140 Å². The minimum atomic E-state index is -0.262. The number of rotatable bonds is 7. The van der Waals surface area contributed by atoms with Crippen LogP contribution >= 0.6 is 0 Å². The normalized spacial score (nSPS) is 11.1. The summed E-state index contributed by atoms with van der Waals surface area (Å²) in [5, 5.41) is 0. The number of nitrogens with zero attached hydrogens (tertiary/aromatic N) is 2. The minimum absolute atomic E-state index is 0.171. The Hall–Kier alpha value is -3.08. The molecule has 0 aliphatic carbocycles. The molecule has 2 rings (SSSR count). The number of aromatic nitrogens is 2. The topological polar surface area (TPSA) is 69.2 Å². The summed E-state index contributed by atoms with van der Waals surface area (Å²) in [4.78, 5) is 31.8. The SMILES string of the molecule is COc1ccc(C=CC(=O)CC(=O)C=Cc2ccc(C)nc2)cn1. The third-order valence-electron chi connectivity index (χ3n) is 3.17. The molecule has 0 unspecified atom stereocenters. The van der Waals surface area contributed by atoms with Crippen LogP contribution in [-0.2, 0) is 9.59 Å². The molecule has 24 heavy (non-hydrogen) atoms. The predicted molar refractivity (Wildman–Crippen MR) is 92.5 cm³/mol. The van der Waals surface area contributed by atoms with E-state index in [9.17, 15) is 9.59 Å². The van der Waals surface area contributed by atoms with Crippen LogP contribution in [0.3, 0.4) is 0 Å². The molecule has 2 aromatic rings. The summed E-state index contributed by atoms with van der Waals surface area (Å²) in [6, 6.07) is 7.21. The number of aryl methyl sites for hydroxylation is 1. The summed E-state index contributed by atoms with van der Waals surface area (Å²) in [5.74, 6) is -0.00929. The molecule has 0 amide bonds. The van der Waals surface area contributed by atoms with Crippen molar-refractivity contribution in [3.05, 3.63) is 65.6 Å². The van der Waals surface area contributed by atoms with Crippen molar-refractivity contribution in [2.24, 2.45) is 0 Å². The molecule has 0 fully saturated rings. The Morgan fingerprint density at radius 3 is 2.00 bits per heavy atom. The second-order valence-corrected chi connectivity index (χ2v) is 5.14. The Balaban J connectivity index is 1.87. The van der Waals surface area contributed by atoms with Crippen LogP contribution in [0.5, 0.6) is 5.88 Å². The number of hydrogen-bond acceptors (Lipinski definition) is 5. The smallest absolute Gasteiger partial charge is 0.212 e. The van der Waals surface area contributed by atoms with Crippen LogP contribution in [0.2, 0.25) is 0 Å². The fourth-order valence-electron chi connectivity index (χ4n) is 1.86. The zero-order valence-corrected chi connectivity index (χ0v) is 13.6. The largest absolute Gasteiger partial charge is 0.481 e. The lowest BCUT2D eigenvalue weighted by molar-refractivity contribution is -0.121. The van der Waals surface area contributed by atoms with Crippen LogP contribution in [0.4, 0.5) is 0 Å². The van der Waals surface area contributed by atoms with Gasteiger partial charge in [0.25, 0.3) is 0 Å². The number of pyridine rings is 2. The van der Waals surface area contributed by atoms with Gasteiger partial charge in [0.2, 0.25) is 5.88 Å². The first-order valence-electron chi connectivity index (χ1n) is 7.41. The van der Waals surface area contributed by atoms with E-state index < -0.39 is 0 Å². The Morgan fingerprint density at radius 2 is 1.54 bits per heavy atom. The molecule has 0 saturated heterocycles. The van der Waals surface area contributed by atoms with Gasteiger partial charge in [-0.15, -0.1) is 0 Å². The molecular weight excluding hydrogens is 304 g/mol. The molecule has 2 aromatic heterocycles. The molecule has 0 spiro atoms. The van der Waals surface area contributed by atoms with Crippen LogP contribution in [0.15, 0.2) is 48.8 Å². The number of hydrogen-bond donors (Lipinski definition) is 0. The van der Waals surface area contributed by atoms with E-state index in [0.717, 1.165) is 16.8 Å². The van der Waals surface area contributed by atoms with E-state index >= 15 is 0 Å². The quantitative estimate of drug-likeness (QED) is 0.579. The molecule has 122 valence electrons. The highest BCUT2D eigenvalue weighted by molar-refractivity contribution is 6.10. The van der Waals surface area contributed by atoms with Crippen LogP contribution in [0, 0.1) is 6.92 Å². The number of ether oxygens (including phenoxy) is 1. The lowest BCUT2D eigenvalue weighted by Gasteiger charge is -1.97. The highest BCUT2D eigenvalue weighted by Gasteiger charge is 2.03.